The standard InChI is InChI=1S/C21H36N2O4/c1-5-7-13-26-15-11-23(12-16-27-14-8-6-2)20-17-19(22-18(3)24)9-10-21(20)25-4/h9-10,17H,5-8,11-16H2,1-4H3,(H,22,24). The molecule has 1 rings (SSSR count). The molecule has 27 heavy (non-hydrogen) atoms. The van der Waals surface area contributed by atoms with Gasteiger partial charge in [-0.1, -0.05) is 26.7 Å². The largest absolute Gasteiger partial charge is 0.495 e. The number of benzene rings is 1. The van der Waals surface area contributed by atoms with Crippen molar-refractivity contribution >= 4 is 17.3 Å². The number of hydrogen-bond donors (Lipinski definition) is 1. The maximum atomic E-state index is 11.4. The van der Waals surface area contributed by atoms with Gasteiger partial charge in [-0.2, -0.15) is 0 Å². The Kier molecular flexibility index (Phi) is 12.3. The van der Waals surface area contributed by atoms with Crippen LogP contribution >= 0.6 is 0 Å². The van der Waals surface area contributed by atoms with Crippen LogP contribution in [0.4, 0.5) is 11.4 Å². The maximum absolute atomic E-state index is 11.4. The smallest absolute Gasteiger partial charge is 0.221 e. The molecule has 0 radical (unpaired) electrons. The first-order valence-corrected chi connectivity index (χ1v) is 9.98. The molecule has 0 atom stereocenters. The number of carbonyl (C=O) groups excluding carboxylic acids is 1. The Morgan fingerprint density at radius 1 is 1.00 bits per heavy atom. The number of nitrogens with one attached hydrogen (secondary N) is 1. The third kappa shape index (κ3) is 9.63. The van der Waals surface area contributed by atoms with Crippen LogP contribution in [0.25, 0.3) is 0 Å². The van der Waals surface area contributed by atoms with Crippen LogP contribution in [0.15, 0.2) is 18.2 Å². The second kappa shape index (κ2) is 14.3. The molecule has 0 saturated carbocycles. The van der Waals surface area contributed by atoms with Crippen LogP contribution in [0.5, 0.6) is 5.75 Å². The van der Waals surface area contributed by atoms with Crippen molar-refractivity contribution in [2.75, 3.05) is 56.8 Å². The summed E-state index contributed by atoms with van der Waals surface area (Å²) >= 11 is 0. The SMILES string of the molecule is CCCCOCCN(CCOCCCC)c1cc(NC(C)=O)ccc1OC. The first-order chi connectivity index (χ1) is 13.1. The van der Waals surface area contributed by atoms with Crippen LogP contribution in [0.1, 0.15) is 46.5 Å². The number of nitrogens with zero attached hydrogens (tertiary/aromatic N) is 1. The summed E-state index contributed by atoms with van der Waals surface area (Å²) in [7, 11) is 1.66. The predicted octanol–water partition coefficient (Wildman–Crippen LogP) is 4.09. The van der Waals surface area contributed by atoms with E-state index in [1.807, 2.05) is 18.2 Å². The zero-order valence-corrected chi connectivity index (χ0v) is 17.4. The van der Waals surface area contributed by atoms with Crippen molar-refractivity contribution in [3.8, 4) is 5.75 Å². The molecule has 0 aromatic heterocycles. The topological polar surface area (TPSA) is 60.0 Å². The van der Waals surface area contributed by atoms with E-state index >= 15 is 0 Å². The molecule has 0 heterocycles. The predicted molar refractivity (Wildman–Crippen MR) is 111 cm³/mol. The van der Waals surface area contributed by atoms with Gasteiger partial charge in [-0.05, 0) is 31.0 Å². The van der Waals surface area contributed by atoms with Crippen LogP contribution < -0.4 is 15.0 Å². The molecule has 6 nitrogen and oxygen atoms in total. The van der Waals surface area contributed by atoms with E-state index in [1.165, 1.54) is 6.92 Å². The fourth-order valence-corrected chi connectivity index (χ4v) is 2.62. The summed E-state index contributed by atoms with van der Waals surface area (Å²) < 4.78 is 17.0. The molecule has 1 aromatic carbocycles. The summed E-state index contributed by atoms with van der Waals surface area (Å²) in [5.74, 6) is 0.676. The lowest BCUT2D eigenvalue weighted by atomic mass is 10.2. The minimum atomic E-state index is -0.0940. The third-order valence-corrected chi connectivity index (χ3v) is 4.14. The molecular formula is C21H36N2O4. The van der Waals surface area contributed by atoms with Crippen molar-refractivity contribution in [1.29, 1.82) is 0 Å². The van der Waals surface area contributed by atoms with Crippen LogP contribution in [-0.4, -0.2) is 52.5 Å². The molecule has 1 amide bonds. The van der Waals surface area contributed by atoms with Gasteiger partial charge in [0.2, 0.25) is 5.91 Å². The number of ether oxygens (including phenoxy) is 3. The number of hydrogen-bond acceptors (Lipinski definition) is 5. The van der Waals surface area contributed by atoms with Gasteiger partial charge < -0.3 is 24.4 Å². The quantitative estimate of drug-likeness (QED) is 0.464. The van der Waals surface area contributed by atoms with Crippen molar-refractivity contribution < 1.29 is 19.0 Å². The van der Waals surface area contributed by atoms with E-state index in [0.717, 1.165) is 69.1 Å². The Bertz CT molecular complexity index is 523. The molecule has 0 unspecified atom stereocenters. The Morgan fingerprint density at radius 2 is 1.59 bits per heavy atom. The number of unbranched alkanes of at least 4 members (excludes halogenated alkanes) is 2. The highest BCUT2D eigenvalue weighted by molar-refractivity contribution is 5.89. The first-order valence-electron chi connectivity index (χ1n) is 9.98. The van der Waals surface area contributed by atoms with Crippen molar-refractivity contribution in [3.63, 3.8) is 0 Å². The van der Waals surface area contributed by atoms with Gasteiger partial charge in [-0.3, -0.25) is 4.79 Å². The second-order valence-corrected chi connectivity index (χ2v) is 6.49. The molecular weight excluding hydrogens is 344 g/mol. The van der Waals surface area contributed by atoms with Crippen LogP contribution in [-0.2, 0) is 14.3 Å². The van der Waals surface area contributed by atoms with Gasteiger partial charge >= 0.3 is 0 Å². The third-order valence-electron chi connectivity index (χ3n) is 4.14. The molecule has 1 aromatic rings. The lowest BCUT2D eigenvalue weighted by Gasteiger charge is -2.27. The van der Waals surface area contributed by atoms with E-state index in [1.54, 1.807) is 7.11 Å². The summed E-state index contributed by atoms with van der Waals surface area (Å²) in [6, 6.07) is 5.67. The average molecular weight is 381 g/mol. The van der Waals surface area contributed by atoms with E-state index in [9.17, 15) is 4.79 Å². The maximum Gasteiger partial charge on any atom is 0.221 e. The second-order valence-electron chi connectivity index (χ2n) is 6.49. The highest BCUT2D eigenvalue weighted by Gasteiger charge is 2.14. The fourth-order valence-electron chi connectivity index (χ4n) is 2.62. The number of rotatable bonds is 15. The number of amides is 1. The molecule has 154 valence electrons. The number of carbonyl (C=O) groups is 1. The summed E-state index contributed by atoms with van der Waals surface area (Å²) in [4.78, 5) is 13.6. The van der Waals surface area contributed by atoms with Crippen LogP contribution in [0.2, 0.25) is 0 Å². The van der Waals surface area contributed by atoms with Crippen LogP contribution in [0, 0.1) is 0 Å². The van der Waals surface area contributed by atoms with Crippen molar-refractivity contribution in [2.24, 2.45) is 0 Å². The van der Waals surface area contributed by atoms with Gasteiger partial charge in [-0.25, -0.2) is 0 Å². The Hall–Kier alpha value is -1.79. The molecule has 0 bridgehead atoms. The van der Waals surface area contributed by atoms with E-state index in [4.69, 9.17) is 14.2 Å². The van der Waals surface area contributed by atoms with Crippen LogP contribution in [0.3, 0.4) is 0 Å². The molecule has 0 aliphatic carbocycles. The molecule has 0 saturated heterocycles. The molecule has 0 aliphatic heterocycles. The highest BCUT2D eigenvalue weighted by atomic mass is 16.5. The summed E-state index contributed by atoms with van der Waals surface area (Å²) in [6.45, 7) is 10.1. The summed E-state index contributed by atoms with van der Waals surface area (Å²) in [5.41, 5.74) is 1.68. The van der Waals surface area contributed by atoms with E-state index < -0.39 is 0 Å². The zero-order chi connectivity index (χ0) is 19.9. The van der Waals surface area contributed by atoms with Gasteiger partial charge in [0.25, 0.3) is 0 Å². The normalized spacial score (nSPS) is 10.7. The Morgan fingerprint density at radius 3 is 2.07 bits per heavy atom. The summed E-state index contributed by atoms with van der Waals surface area (Å²) in [6.07, 6.45) is 4.39. The van der Waals surface area contributed by atoms with E-state index in [0.29, 0.717) is 13.2 Å². The minimum absolute atomic E-state index is 0.0940. The number of methoxy groups -OCH3 is 1. The van der Waals surface area contributed by atoms with E-state index in [-0.39, 0.29) is 5.91 Å². The molecule has 6 heteroatoms. The van der Waals surface area contributed by atoms with Gasteiger partial charge in [0, 0.05) is 38.9 Å². The zero-order valence-electron chi connectivity index (χ0n) is 17.4. The monoisotopic (exact) mass is 380 g/mol. The molecule has 0 spiro atoms. The first kappa shape index (κ1) is 23.2. The summed E-state index contributed by atoms with van der Waals surface area (Å²) in [5, 5.41) is 2.84. The van der Waals surface area contributed by atoms with Gasteiger partial charge in [0.05, 0.1) is 26.0 Å². The Labute approximate surface area is 164 Å². The van der Waals surface area contributed by atoms with Crippen molar-refractivity contribution in [2.45, 2.75) is 46.5 Å². The van der Waals surface area contributed by atoms with Crippen molar-refractivity contribution in [3.05, 3.63) is 18.2 Å². The highest BCUT2D eigenvalue weighted by Crippen LogP contribution is 2.31. The molecule has 1 N–H and O–H groups in total. The van der Waals surface area contributed by atoms with E-state index in [2.05, 4.69) is 24.1 Å². The average Bonchev–Trinajstić information content (AvgIpc) is 2.65. The van der Waals surface area contributed by atoms with Gasteiger partial charge in [-0.15, -0.1) is 0 Å². The lowest BCUT2D eigenvalue weighted by molar-refractivity contribution is -0.114. The molecule has 0 fully saturated rings. The lowest BCUT2D eigenvalue weighted by Crippen LogP contribution is -2.31. The van der Waals surface area contributed by atoms with Crippen molar-refractivity contribution in [1.82, 2.24) is 0 Å². The number of anilines is 2. The van der Waals surface area contributed by atoms with Gasteiger partial charge in [0.15, 0.2) is 0 Å². The molecule has 0 aliphatic rings. The minimum Gasteiger partial charge on any atom is -0.495 e. The fraction of sp³-hybridized carbons (Fsp3) is 0.667. The van der Waals surface area contributed by atoms with Gasteiger partial charge in [0.1, 0.15) is 5.75 Å². The Balaban J connectivity index is 2.81.